The van der Waals surface area contributed by atoms with Gasteiger partial charge in [-0.2, -0.15) is 4.98 Å². The minimum absolute atomic E-state index is 0.137. The van der Waals surface area contributed by atoms with E-state index in [1.54, 1.807) is 12.3 Å². The van der Waals surface area contributed by atoms with Gasteiger partial charge in [0.05, 0.1) is 12.6 Å². The molecule has 1 fully saturated rings. The highest BCUT2D eigenvalue weighted by molar-refractivity contribution is 5.80. The van der Waals surface area contributed by atoms with Gasteiger partial charge in [-0.05, 0) is 31.4 Å². The molecule has 1 N–H and O–H groups in total. The molecule has 2 heterocycles. The number of carbonyl (C=O) groups excluding carboxylic acids is 1. The maximum atomic E-state index is 12.3. The van der Waals surface area contributed by atoms with Gasteiger partial charge in [0.2, 0.25) is 17.6 Å². The minimum atomic E-state index is -0.425. The van der Waals surface area contributed by atoms with Crippen LogP contribution in [0.15, 0.2) is 28.9 Å². The summed E-state index contributed by atoms with van der Waals surface area (Å²) in [7, 11) is 0. The lowest BCUT2D eigenvalue weighted by molar-refractivity contribution is -0.137. The second-order valence-electron chi connectivity index (χ2n) is 5.88. The Morgan fingerprint density at radius 2 is 2.25 bits per heavy atom. The second-order valence-corrected chi connectivity index (χ2v) is 5.88. The van der Waals surface area contributed by atoms with Crippen LogP contribution in [0.3, 0.4) is 0 Å². The fourth-order valence-electron chi connectivity index (χ4n) is 2.80. The van der Waals surface area contributed by atoms with Gasteiger partial charge >= 0.3 is 0 Å². The summed E-state index contributed by atoms with van der Waals surface area (Å²) in [6.07, 6.45) is 6.54. The molecule has 3 rings (SSSR count). The highest BCUT2D eigenvalue weighted by Gasteiger charge is 2.24. The standard InChI is InChI=1S/C17H22N4O3/c1-2-14(23-12-7-3-4-8-12)17(22)19-11-15-20-16(21-24-15)13-9-5-6-10-18-13/h5-6,9-10,12,14H,2-4,7-8,11H2,1H3,(H,19,22)/t14-/m1/s1. The van der Waals surface area contributed by atoms with Crippen molar-refractivity contribution in [3.05, 3.63) is 30.3 Å². The number of ether oxygens (including phenoxy) is 1. The number of amides is 1. The van der Waals surface area contributed by atoms with Crippen LogP contribution >= 0.6 is 0 Å². The summed E-state index contributed by atoms with van der Waals surface area (Å²) in [5.74, 6) is 0.621. The van der Waals surface area contributed by atoms with Gasteiger partial charge in [-0.15, -0.1) is 0 Å². The Morgan fingerprint density at radius 1 is 1.42 bits per heavy atom. The molecule has 0 unspecified atom stereocenters. The minimum Gasteiger partial charge on any atom is -0.365 e. The number of rotatable bonds is 7. The lowest BCUT2D eigenvalue weighted by Crippen LogP contribution is -2.37. The van der Waals surface area contributed by atoms with Crippen LogP contribution in [-0.2, 0) is 16.1 Å². The summed E-state index contributed by atoms with van der Waals surface area (Å²) in [4.78, 5) is 20.7. The van der Waals surface area contributed by atoms with Crippen molar-refractivity contribution in [2.24, 2.45) is 0 Å². The molecular weight excluding hydrogens is 308 g/mol. The molecule has 0 spiro atoms. The fourth-order valence-corrected chi connectivity index (χ4v) is 2.80. The molecule has 0 radical (unpaired) electrons. The van der Waals surface area contributed by atoms with E-state index in [-0.39, 0.29) is 18.6 Å². The zero-order valence-corrected chi connectivity index (χ0v) is 13.8. The van der Waals surface area contributed by atoms with Crippen LogP contribution in [0.4, 0.5) is 0 Å². The van der Waals surface area contributed by atoms with Crippen LogP contribution < -0.4 is 5.32 Å². The first-order valence-corrected chi connectivity index (χ1v) is 8.43. The third kappa shape index (κ3) is 4.17. The lowest BCUT2D eigenvalue weighted by Gasteiger charge is -2.19. The maximum Gasteiger partial charge on any atom is 0.249 e. The van der Waals surface area contributed by atoms with Crippen LogP contribution in [0.25, 0.3) is 11.5 Å². The number of hydrogen-bond donors (Lipinski definition) is 1. The van der Waals surface area contributed by atoms with E-state index in [2.05, 4.69) is 20.4 Å². The van der Waals surface area contributed by atoms with Crippen LogP contribution in [0.2, 0.25) is 0 Å². The first kappa shape index (κ1) is 16.6. The average Bonchev–Trinajstić information content (AvgIpc) is 3.30. The monoisotopic (exact) mass is 330 g/mol. The Balaban J connectivity index is 1.53. The maximum absolute atomic E-state index is 12.3. The lowest BCUT2D eigenvalue weighted by atomic mass is 10.2. The number of carbonyl (C=O) groups is 1. The number of pyridine rings is 1. The Kier molecular flexibility index (Phi) is 5.53. The molecule has 1 saturated carbocycles. The molecule has 1 atom stereocenters. The molecule has 2 aromatic heterocycles. The molecule has 24 heavy (non-hydrogen) atoms. The average molecular weight is 330 g/mol. The van der Waals surface area contributed by atoms with Crippen molar-refractivity contribution in [3.63, 3.8) is 0 Å². The summed E-state index contributed by atoms with van der Waals surface area (Å²) in [6.45, 7) is 2.13. The summed E-state index contributed by atoms with van der Waals surface area (Å²) in [5, 5.41) is 6.69. The third-order valence-electron chi connectivity index (χ3n) is 4.10. The molecule has 1 aliphatic carbocycles. The highest BCUT2D eigenvalue weighted by Crippen LogP contribution is 2.23. The van der Waals surface area contributed by atoms with Crippen molar-refractivity contribution >= 4 is 5.91 Å². The van der Waals surface area contributed by atoms with Gasteiger partial charge in [-0.3, -0.25) is 9.78 Å². The Bertz CT molecular complexity index is 653. The van der Waals surface area contributed by atoms with Gasteiger partial charge in [0.25, 0.3) is 0 Å². The van der Waals surface area contributed by atoms with E-state index in [0.717, 1.165) is 12.8 Å². The molecular formula is C17H22N4O3. The molecule has 2 aromatic rings. The Labute approximate surface area is 140 Å². The summed E-state index contributed by atoms with van der Waals surface area (Å²) >= 11 is 0. The van der Waals surface area contributed by atoms with E-state index in [4.69, 9.17) is 9.26 Å². The van der Waals surface area contributed by atoms with E-state index in [1.807, 2.05) is 19.1 Å². The Morgan fingerprint density at radius 3 is 2.96 bits per heavy atom. The van der Waals surface area contributed by atoms with E-state index < -0.39 is 6.10 Å². The first-order valence-electron chi connectivity index (χ1n) is 8.43. The van der Waals surface area contributed by atoms with Gasteiger partial charge in [0.15, 0.2) is 0 Å². The van der Waals surface area contributed by atoms with E-state index in [0.29, 0.717) is 23.8 Å². The quantitative estimate of drug-likeness (QED) is 0.839. The molecule has 128 valence electrons. The molecule has 0 saturated heterocycles. The molecule has 0 aromatic carbocycles. The van der Waals surface area contributed by atoms with Crippen molar-refractivity contribution in [1.29, 1.82) is 0 Å². The van der Waals surface area contributed by atoms with Crippen molar-refractivity contribution in [3.8, 4) is 11.5 Å². The van der Waals surface area contributed by atoms with Crippen LogP contribution in [-0.4, -0.2) is 33.2 Å². The summed E-state index contributed by atoms with van der Waals surface area (Å²) in [6, 6.07) is 5.47. The smallest absolute Gasteiger partial charge is 0.249 e. The number of nitrogens with zero attached hydrogens (tertiary/aromatic N) is 3. The highest BCUT2D eigenvalue weighted by atomic mass is 16.5. The third-order valence-corrected chi connectivity index (χ3v) is 4.10. The molecule has 7 heteroatoms. The topological polar surface area (TPSA) is 90.1 Å². The van der Waals surface area contributed by atoms with Crippen molar-refractivity contribution in [2.75, 3.05) is 0 Å². The molecule has 1 aliphatic rings. The number of aromatic nitrogens is 3. The summed E-state index contributed by atoms with van der Waals surface area (Å²) in [5.41, 5.74) is 0.634. The van der Waals surface area contributed by atoms with E-state index in [9.17, 15) is 4.79 Å². The van der Waals surface area contributed by atoms with Gasteiger partial charge in [-0.1, -0.05) is 31.0 Å². The van der Waals surface area contributed by atoms with E-state index >= 15 is 0 Å². The van der Waals surface area contributed by atoms with Crippen LogP contribution in [0.1, 0.15) is 44.9 Å². The molecule has 0 aliphatic heterocycles. The van der Waals surface area contributed by atoms with E-state index in [1.165, 1.54) is 12.8 Å². The zero-order valence-electron chi connectivity index (χ0n) is 13.8. The Hall–Kier alpha value is -2.28. The van der Waals surface area contributed by atoms with Crippen molar-refractivity contribution < 1.29 is 14.1 Å². The molecule has 0 bridgehead atoms. The fraction of sp³-hybridized carbons (Fsp3) is 0.529. The molecule has 1 amide bonds. The van der Waals surface area contributed by atoms with Crippen molar-refractivity contribution in [1.82, 2.24) is 20.4 Å². The van der Waals surface area contributed by atoms with Crippen LogP contribution in [0.5, 0.6) is 0 Å². The van der Waals surface area contributed by atoms with Gasteiger partial charge in [-0.25, -0.2) is 0 Å². The molecule has 7 nitrogen and oxygen atoms in total. The SMILES string of the molecule is CC[C@@H](OC1CCCC1)C(=O)NCc1nc(-c2ccccn2)no1. The van der Waals surface area contributed by atoms with Crippen LogP contribution in [0, 0.1) is 0 Å². The first-order chi connectivity index (χ1) is 11.8. The predicted molar refractivity (Wildman–Crippen MR) is 86.8 cm³/mol. The number of hydrogen-bond acceptors (Lipinski definition) is 6. The normalized spacial score (nSPS) is 16.2. The van der Waals surface area contributed by atoms with Gasteiger partial charge in [0.1, 0.15) is 11.8 Å². The zero-order chi connectivity index (χ0) is 16.8. The second kappa shape index (κ2) is 8.01. The summed E-state index contributed by atoms with van der Waals surface area (Å²) < 4.78 is 11.1. The number of nitrogens with one attached hydrogen (secondary N) is 1. The van der Waals surface area contributed by atoms with Gasteiger partial charge < -0.3 is 14.6 Å². The van der Waals surface area contributed by atoms with Crippen molar-refractivity contribution in [2.45, 2.75) is 57.8 Å². The predicted octanol–water partition coefficient (Wildman–Crippen LogP) is 2.49. The van der Waals surface area contributed by atoms with Gasteiger partial charge in [0, 0.05) is 6.20 Å². The largest absolute Gasteiger partial charge is 0.365 e.